The van der Waals surface area contributed by atoms with Gasteiger partial charge in [0.05, 0.1) is 4.92 Å². The molecule has 0 unspecified atom stereocenters. The van der Waals surface area contributed by atoms with Crippen molar-refractivity contribution in [1.29, 1.82) is 0 Å². The lowest BCUT2D eigenvalue weighted by atomic mass is 10.2. The summed E-state index contributed by atoms with van der Waals surface area (Å²) in [4.78, 5) is 10.5. The largest absolute Gasteiger partial charge is 0.419 e. The number of aromatic nitrogens is 3. The van der Waals surface area contributed by atoms with Gasteiger partial charge >= 0.3 is 0 Å². The van der Waals surface area contributed by atoms with E-state index in [4.69, 9.17) is 4.42 Å². The van der Waals surface area contributed by atoms with Gasteiger partial charge in [-0.1, -0.05) is 37.3 Å². The minimum atomic E-state index is -0.395. The number of aryl methyl sites for hydroxylation is 1. The first-order chi connectivity index (χ1) is 13.2. The van der Waals surface area contributed by atoms with Crippen molar-refractivity contribution in [3.63, 3.8) is 0 Å². The van der Waals surface area contributed by atoms with Gasteiger partial charge in [-0.15, -0.1) is 10.2 Å². The Morgan fingerprint density at radius 3 is 2.63 bits per heavy atom. The quantitative estimate of drug-likeness (QED) is 0.369. The third-order valence-electron chi connectivity index (χ3n) is 4.45. The Hall–Kier alpha value is -3.48. The van der Waals surface area contributed by atoms with Crippen LogP contribution in [0.1, 0.15) is 24.8 Å². The van der Waals surface area contributed by atoms with E-state index in [1.807, 2.05) is 30.3 Å². The molecule has 0 atom stereocenters. The van der Waals surface area contributed by atoms with Crippen molar-refractivity contribution in [3.8, 4) is 11.6 Å². The van der Waals surface area contributed by atoms with E-state index < -0.39 is 4.92 Å². The smallest absolute Gasteiger partial charge is 0.269 e. The van der Waals surface area contributed by atoms with Gasteiger partial charge in [-0.3, -0.25) is 10.1 Å². The fraction of sp³-hybridized carbons (Fsp3) is 0.200. The molecule has 0 radical (unpaired) electrons. The molecule has 0 spiro atoms. The number of rotatable bonds is 6. The SMILES string of the molecule is CCCc1nnc(-c2cc3ccccc3n2Cc2ccc([N+](=O)[O-])cc2)o1. The van der Waals surface area contributed by atoms with Gasteiger partial charge in [0.2, 0.25) is 5.89 Å². The van der Waals surface area contributed by atoms with Crippen LogP contribution in [-0.2, 0) is 13.0 Å². The van der Waals surface area contributed by atoms with Crippen LogP contribution >= 0.6 is 0 Å². The maximum absolute atomic E-state index is 10.9. The fourth-order valence-electron chi connectivity index (χ4n) is 3.14. The topological polar surface area (TPSA) is 87.0 Å². The molecule has 2 aromatic carbocycles. The Morgan fingerprint density at radius 1 is 1.11 bits per heavy atom. The number of nitrogens with zero attached hydrogens (tertiary/aromatic N) is 4. The summed E-state index contributed by atoms with van der Waals surface area (Å²) in [7, 11) is 0. The summed E-state index contributed by atoms with van der Waals surface area (Å²) in [5, 5.41) is 20.3. The van der Waals surface area contributed by atoms with Crippen molar-refractivity contribution < 1.29 is 9.34 Å². The van der Waals surface area contributed by atoms with Crippen molar-refractivity contribution in [1.82, 2.24) is 14.8 Å². The second-order valence-corrected chi connectivity index (χ2v) is 6.35. The Bertz CT molecular complexity index is 1100. The summed E-state index contributed by atoms with van der Waals surface area (Å²) >= 11 is 0. The molecular formula is C20H18N4O3. The van der Waals surface area contributed by atoms with Gasteiger partial charge in [0.1, 0.15) is 5.69 Å². The molecule has 2 heterocycles. The van der Waals surface area contributed by atoms with Crippen LogP contribution in [0.25, 0.3) is 22.5 Å². The Labute approximate surface area is 155 Å². The van der Waals surface area contributed by atoms with Crippen molar-refractivity contribution in [2.75, 3.05) is 0 Å². The molecule has 4 aromatic rings. The van der Waals surface area contributed by atoms with Gasteiger partial charge in [0.25, 0.3) is 11.6 Å². The summed E-state index contributed by atoms with van der Waals surface area (Å²) in [6, 6.07) is 16.7. The van der Waals surface area contributed by atoms with Gasteiger partial charge in [-0.25, -0.2) is 0 Å². The Kier molecular flexibility index (Phi) is 4.42. The predicted molar refractivity (Wildman–Crippen MR) is 101 cm³/mol. The molecule has 0 bridgehead atoms. The highest BCUT2D eigenvalue weighted by molar-refractivity contribution is 5.85. The van der Waals surface area contributed by atoms with Crippen molar-refractivity contribution >= 4 is 16.6 Å². The van der Waals surface area contributed by atoms with Gasteiger partial charge in [0, 0.05) is 36.0 Å². The molecule has 0 fully saturated rings. The van der Waals surface area contributed by atoms with E-state index in [9.17, 15) is 10.1 Å². The standard InChI is InChI=1S/C20H18N4O3/c1-2-5-19-21-22-20(27-19)18-12-15-6-3-4-7-17(15)23(18)13-14-8-10-16(11-9-14)24(25)26/h3-4,6-12H,2,5,13H2,1H3. The molecule has 0 aliphatic heterocycles. The molecule has 7 heteroatoms. The lowest BCUT2D eigenvalue weighted by Crippen LogP contribution is -2.02. The molecule has 0 saturated heterocycles. The number of non-ortho nitro benzene ring substituents is 1. The first kappa shape index (κ1) is 17.0. The molecule has 0 saturated carbocycles. The van der Waals surface area contributed by atoms with Crippen LogP contribution in [0, 0.1) is 10.1 Å². The molecule has 0 N–H and O–H groups in total. The third-order valence-corrected chi connectivity index (χ3v) is 4.45. The summed E-state index contributed by atoms with van der Waals surface area (Å²) in [5.74, 6) is 1.11. The zero-order valence-corrected chi connectivity index (χ0v) is 14.8. The van der Waals surface area contributed by atoms with Crippen LogP contribution in [0.2, 0.25) is 0 Å². The number of hydrogen-bond acceptors (Lipinski definition) is 5. The second kappa shape index (κ2) is 7.03. The van der Waals surface area contributed by atoms with E-state index in [0.717, 1.165) is 35.0 Å². The number of para-hydroxylation sites is 1. The van der Waals surface area contributed by atoms with Crippen LogP contribution in [0.5, 0.6) is 0 Å². The summed E-state index contributed by atoms with van der Waals surface area (Å²) in [5.41, 5.74) is 2.92. The van der Waals surface area contributed by atoms with E-state index in [1.165, 1.54) is 12.1 Å². The van der Waals surface area contributed by atoms with Crippen molar-refractivity contribution in [2.24, 2.45) is 0 Å². The van der Waals surface area contributed by atoms with Crippen LogP contribution in [0.3, 0.4) is 0 Å². The third kappa shape index (κ3) is 3.31. The molecule has 27 heavy (non-hydrogen) atoms. The van der Waals surface area contributed by atoms with Gasteiger partial charge in [-0.2, -0.15) is 0 Å². The Morgan fingerprint density at radius 2 is 1.89 bits per heavy atom. The number of hydrogen-bond donors (Lipinski definition) is 0. The predicted octanol–water partition coefficient (Wildman–Crippen LogP) is 4.60. The van der Waals surface area contributed by atoms with Gasteiger partial charge in [0.15, 0.2) is 0 Å². The van der Waals surface area contributed by atoms with Crippen molar-refractivity contribution in [3.05, 3.63) is 76.2 Å². The van der Waals surface area contributed by atoms with Crippen LogP contribution in [0.15, 0.2) is 59.0 Å². The zero-order valence-electron chi connectivity index (χ0n) is 14.8. The summed E-state index contributed by atoms with van der Waals surface area (Å²) in [6.45, 7) is 2.61. The highest BCUT2D eigenvalue weighted by Crippen LogP contribution is 2.29. The summed E-state index contributed by atoms with van der Waals surface area (Å²) < 4.78 is 7.93. The van der Waals surface area contributed by atoms with E-state index in [2.05, 4.69) is 21.7 Å². The molecule has 0 aliphatic rings. The minimum absolute atomic E-state index is 0.0810. The van der Waals surface area contributed by atoms with Crippen LogP contribution < -0.4 is 0 Å². The van der Waals surface area contributed by atoms with Crippen molar-refractivity contribution in [2.45, 2.75) is 26.3 Å². The lowest BCUT2D eigenvalue weighted by molar-refractivity contribution is -0.384. The first-order valence-corrected chi connectivity index (χ1v) is 8.80. The molecule has 2 aromatic heterocycles. The Balaban J connectivity index is 1.76. The maximum Gasteiger partial charge on any atom is 0.269 e. The number of benzene rings is 2. The zero-order chi connectivity index (χ0) is 18.8. The second-order valence-electron chi connectivity index (χ2n) is 6.35. The highest BCUT2D eigenvalue weighted by Gasteiger charge is 2.17. The van der Waals surface area contributed by atoms with E-state index in [1.54, 1.807) is 12.1 Å². The molecule has 0 amide bonds. The maximum atomic E-state index is 10.9. The fourth-order valence-corrected chi connectivity index (χ4v) is 3.14. The monoisotopic (exact) mass is 362 g/mol. The van der Waals surface area contributed by atoms with Crippen LogP contribution in [-0.4, -0.2) is 19.7 Å². The molecule has 0 aliphatic carbocycles. The van der Waals surface area contributed by atoms with E-state index >= 15 is 0 Å². The lowest BCUT2D eigenvalue weighted by Gasteiger charge is -2.09. The molecular weight excluding hydrogens is 344 g/mol. The van der Waals surface area contributed by atoms with E-state index in [-0.39, 0.29) is 5.69 Å². The van der Waals surface area contributed by atoms with Crippen LogP contribution in [0.4, 0.5) is 5.69 Å². The van der Waals surface area contributed by atoms with E-state index in [0.29, 0.717) is 18.3 Å². The molecule has 7 nitrogen and oxygen atoms in total. The minimum Gasteiger partial charge on any atom is -0.419 e. The summed E-state index contributed by atoms with van der Waals surface area (Å²) in [6.07, 6.45) is 1.68. The van der Waals surface area contributed by atoms with Gasteiger partial charge in [-0.05, 0) is 24.1 Å². The average molecular weight is 362 g/mol. The number of nitro groups is 1. The normalized spacial score (nSPS) is 11.1. The first-order valence-electron chi connectivity index (χ1n) is 8.80. The molecule has 136 valence electrons. The molecule has 4 rings (SSSR count). The average Bonchev–Trinajstić information content (AvgIpc) is 3.27. The number of fused-ring (bicyclic) bond motifs is 1. The number of nitro benzene ring substituents is 1. The van der Waals surface area contributed by atoms with Gasteiger partial charge < -0.3 is 8.98 Å². The highest BCUT2D eigenvalue weighted by atomic mass is 16.6.